The number of alkyl halides is 3. The molecule has 1 saturated heterocycles. The van der Waals surface area contributed by atoms with Crippen molar-refractivity contribution in [3.8, 4) is 0 Å². The Bertz CT molecular complexity index is 930. The van der Waals surface area contributed by atoms with Crippen LogP contribution in [0, 0.1) is 0 Å². The standard InChI is InChI=1S/C21H22F3N3O2S/c22-21(23,24)15-5-6-19-17(13-15)27(16-3-1-2-4-18(16)30-19)20(29)14-26-9-7-25(8-10-26)11-12-28/h1-6,13,28H,7-12,14H2/p+2. The second-order valence-corrected chi connectivity index (χ2v) is 8.71. The maximum Gasteiger partial charge on any atom is 0.416 e. The van der Waals surface area contributed by atoms with Gasteiger partial charge >= 0.3 is 6.18 Å². The number of carbonyl (C=O) groups excluding carboxylic acids is 1. The van der Waals surface area contributed by atoms with Crippen LogP contribution in [-0.4, -0.2) is 56.9 Å². The number of fused-ring (bicyclic) bond motifs is 2. The SMILES string of the molecule is O=C(C[NH+]1CC[NH+](CCO)CC1)N1c2ccccc2Sc2ccc(C(F)(F)F)cc21. The van der Waals surface area contributed by atoms with Crippen molar-refractivity contribution in [2.75, 3.05) is 50.8 Å². The van der Waals surface area contributed by atoms with Gasteiger partial charge in [0.1, 0.15) is 32.7 Å². The van der Waals surface area contributed by atoms with E-state index in [1.165, 1.54) is 27.6 Å². The summed E-state index contributed by atoms with van der Waals surface area (Å²) >= 11 is 1.38. The predicted octanol–water partition coefficient (Wildman–Crippen LogP) is 0.610. The number of anilines is 2. The van der Waals surface area contributed by atoms with Gasteiger partial charge in [-0.15, -0.1) is 0 Å². The van der Waals surface area contributed by atoms with Crippen molar-refractivity contribution in [1.82, 2.24) is 0 Å². The van der Waals surface area contributed by atoms with Crippen molar-refractivity contribution in [2.24, 2.45) is 0 Å². The third-order valence-corrected chi connectivity index (χ3v) is 6.76. The van der Waals surface area contributed by atoms with Gasteiger partial charge in [0.15, 0.2) is 6.54 Å². The van der Waals surface area contributed by atoms with Crippen LogP contribution < -0.4 is 14.7 Å². The Kier molecular flexibility index (Phi) is 6.06. The second-order valence-electron chi connectivity index (χ2n) is 7.63. The van der Waals surface area contributed by atoms with Crippen LogP contribution >= 0.6 is 11.8 Å². The van der Waals surface area contributed by atoms with Crippen LogP contribution in [0.1, 0.15) is 5.56 Å². The molecular formula is C21H24F3N3O2S+2. The number of quaternary nitrogens is 2. The summed E-state index contributed by atoms with van der Waals surface area (Å²) in [5, 5.41) is 9.10. The molecule has 2 aromatic rings. The van der Waals surface area contributed by atoms with Crippen molar-refractivity contribution < 1.29 is 32.9 Å². The molecule has 0 bridgehead atoms. The van der Waals surface area contributed by atoms with Crippen LogP contribution in [0.15, 0.2) is 52.3 Å². The molecule has 2 aliphatic rings. The average molecular weight is 440 g/mol. The summed E-state index contributed by atoms with van der Waals surface area (Å²) in [6.45, 7) is 4.38. The Labute approximate surface area is 177 Å². The van der Waals surface area contributed by atoms with Crippen LogP contribution in [0.5, 0.6) is 0 Å². The van der Waals surface area contributed by atoms with Crippen molar-refractivity contribution in [3.05, 3.63) is 48.0 Å². The molecule has 0 unspecified atom stereocenters. The van der Waals surface area contributed by atoms with Gasteiger partial charge in [0.25, 0.3) is 5.91 Å². The first-order valence-electron chi connectivity index (χ1n) is 9.96. The molecule has 4 rings (SSSR count). The van der Waals surface area contributed by atoms with Gasteiger partial charge in [-0.05, 0) is 30.3 Å². The Morgan fingerprint density at radius 1 is 1.00 bits per heavy atom. The van der Waals surface area contributed by atoms with Crippen molar-refractivity contribution >= 4 is 29.0 Å². The average Bonchev–Trinajstić information content (AvgIpc) is 2.72. The number of rotatable bonds is 4. The zero-order chi connectivity index (χ0) is 21.3. The highest BCUT2D eigenvalue weighted by Gasteiger charge is 2.36. The number of hydrogen-bond acceptors (Lipinski definition) is 3. The zero-order valence-corrected chi connectivity index (χ0v) is 17.2. The largest absolute Gasteiger partial charge is 0.416 e. The number of hydrogen-bond donors (Lipinski definition) is 3. The van der Waals surface area contributed by atoms with E-state index in [0.29, 0.717) is 22.8 Å². The highest BCUT2D eigenvalue weighted by atomic mass is 32.2. The molecule has 0 spiro atoms. The van der Waals surface area contributed by atoms with Crippen LogP contribution in [0.25, 0.3) is 0 Å². The van der Waals surface area contributed by atoms with E-state index in [1.54, 1.807) is 12.1 Å². The first-order valence-corrected chi connectivity index (χ1v) is 10.8. The fraction of sp³-hybridized carbons (Fsp3) is 0.381. The van der Waals surface area contributed by atoms with Crippen molar-refractivity contribution in [3.63, 3.8) is 0 Å². The Morgan fingerprint density at radius 2 is 1.67 bits per heavy atom. The number of benzene rings is 2. The summed E-state index contributed by atoms with van der Waals surface area (Å²) in [6.07, 6.45) is -4.47. The Balaban J connectivity index is 1.61. The van der Waals surface area contributed by atoms with Gasteiger partial charge in [-0.2, -0.15) is 13.2 Å². The smallest absolute Gasteiger partial charge is 0.391 e. The lowest BCUT2D eigenvalue weighted by molar-refractivity contribution is -1.01. The number of aliphatic hydroxyl groups excluding tert-OH is 1. The molecule has 1 fully saturated rings. The van der Waals surface area contributed by atoms with E-state index in [4.69, 9.17) is 5.11 Å². The minimum atomic E-state index is -4.47. The van der Waals surface area contributed by atoms with Gasteiger partial charge in [-0.25, -0.2) is 0 Å². The summed E-state index contributed by atoms with van der Waals surface area (Å²) in [4.78, 5) is 18.7. The van der Waals surface area contributed by atoms with E-state index < -0.39 is 11.7 Å². The molecule has 2 aromatic carbocycles. The van der Waals surface area contributed by atoms with Gasteiger partial charge in [0.05, 0.1) is 23.5 Å². The first-order chi connectivity index (χ1) is 14.4. The summed E-state index contributed by atoms with van der Waals surface area (Å²) in [5.41, 5.74) is 0.165. The molecule has 0 atom stereocenters. The quantitative estimate of drug-likeness (QED) is 0.655. The number of nitrogens with one attached hydrogen (secondary N) is 2. The zero-order valence-electron chi connectivity index (χ0n) is 16.3. The lowest BCUT2D eigenvalue weighted by Gasteiger charge is -2.34. The molecule has 5 nitrogen and oxygen atoms in total. The number of aliphatic hydroxyl groups is 1. The van der Waals surface area contributed by atoms with Gasteiger partial charge in [0, 0.05) is 9.79 Å². The molecule has 1 amide bonds. The highest BCUT2D eigenvalue weighted by molar-refractivity contribution is 7.99. The third kappa shape index (κ3) is 4.34. The predicted molar refractivity (Wildman–Crippen MR) is 107 cm³/mol. The van der Waals surface area contributed by atoms with Crippen LogP contribution in [0.4, 0.5) is 24.5 Å². The van der Waals surface area contributed by atoms with Gasteiger partial charge in [-0.3, -0.25) is 9.69 Å². The second kappa shape index (κ2) is 8.58. The van der Waals surface area contributed by atoms with Crippen LogP contribution in [0.2, 0.25) is 0 Å². The lowest BCUT2D eigenvalue weighted by Crippen LogP contribution is -3.28. The van der Waals surface area contributed by atoms with Gasteiger partial charge in [-0.1, -0.05) is 23.9 Å². The molecule has 0 aromatic heterocycles. The highest BCUT2D eigenvalue weighted by Crippen LogP contribution is 2.49. The minimum absolute atomic E-state index is 0.143. The molecule has 30 heavy (non-hydrogen) atoms. The number of para-hydroxylation sites is 1. The van der Waals surface area contributed by atoms with Gasteiger partial charge < -0.3 is 14.9 Å². The fourth-order valence-corrected chi connectivity index (χ4v) is 5.07. The van der Waals surface area contributed by atoms with E-state index in [2.05, 4.69) is 0 Å². The normalized spacial score (nSPS) is 21.1. The summed E-state index contributed by atoms with van der Waals surface area (Å²) < 4.78 is 40.0. The Hall–Kier alpha value is -2.07. The maximum atomic E-state index is 13.3. The van der Waals surface area contributed by atoms with Crippen LogP contribution in [0.3, 0.4) is 0 Å². The minimum Gasteiger partial charge on any atom is -0.391 e. The first kappa shape index (κ1) is 21.2. The summed E-state index contributed by atoms with van der Waals surface area (Å²) in [7, 11) is 0. The molecule has 2 heterocycles. The van der Waals surface area contributed by atoms with Crippen molar-refractivity contribution in [1.29, 1.82) is 0 Å². The molecule has 2 aliphatic heterocycles. The number of halogens is 3. The van der Waals surface area contributed by atoms with Crippen LogP contribution in [-0.2, 0) is 11.0 Å². The third-order valence-electron chi connectivity index (χ3n) is 5.63. The van der Waals surface area contributed by atoms with E-state index in [9.17, 15) is 18.0 Å². The van der Waals surface area contributed by atoms with Gasteiger partial charge in [0.2, 0.25) is 0 Å². The fourth-order valence-electron chi connectivity index (χ4n) is 4.03. The molecular weight excluding hydrogens is 415 g/mol. The molecule has 0 radical (unpaired) electrons. The molecule has 160 valence electrons. The molecule has 0 aliphatic carbocycles. The number of amides is 1. The number of nitrogens with zero attached hydrogens (tertiary/aromatic N) is 1. The summed E-state index contributed by atoms with van der Waals surface area (Å²) in [6, 6.07) is 10.9. The Morgan fingerprint density at radius 3 is 2.37 bits per heavy atom. The lowest BCUT2D eigenvalue weighted by atomic mass is 10.1. The topological polar surface area (TPSA) is 49.4 Å². The molecule has 0 saturated carbocycles. The number of carbonyl (C=O) groups is 1. The number of piperazine rings is 1. The van der Waals surface area contributed by atoms with E-state index in [0.717, 1.165) is 48.1 Å². The van der Waals surface area contributed by atoms with Crippen molar-refractivity contribution in [2.45, 2.75) is 16.0 Å². The van der Waals surface area contributed by atoms with E-state index in [-0.39, 0.29) is 19.1 Å². The van der Waals surface area contributed by atoms with E-state index in [1.807, 2.05) is 12.1 Å². The van der Waals surface area contributed by atoms with E-state index >= 15 is 0 Å². The molecule has 9 heteroatoms. The molecule has 3 N–H and O–H groups in total. The maximum absolute atomic E-state index is 13.3. The monoisotopic (exact) mass is 439 g/mol. The summed E-state index contributed by atoms with van der Waals surface area (Å²) in [5.74, 6) is -0.205.